The molecule has 0 saturated carbocycles. The van der Waals surface area contributed by atoms with E-state index in [9.17, 15) is 9.90 Å². The van der Waals surface area contributed by atoms with Crippen molar-refractivity contribution in [2.75, 3.05) is 13.2 Å². The predicted molar refractivity (Wildman–Crippen MR) is 92.1 cm³/mol. The van der Waals surface area contributed by atoms with Gasteiger partial charge in [-0.1, -0.05) is 18.2 Å². The molecule has 2 aromatic rings. The fraction of sp³-hybridized carbons (Fsp3) is 0.444. The maximum absolute atomic E-state index is 11.9. The van der Waals surface area contributed by atoms with Crippen LogP contribution >= 0.6 is 0 Å². The Labute approximate surface area is 142 Å². The van der Waals surface area contributed by atoms with Gasteiger partial charge in [-0.3, -0.25) is 9.89 Å². The highest BCUT2D eigenvalue weighted by molar-refractivity contribution is 5.80. The highest BCUT2D eigenvalue weighted by Crippen LogP contribution is 2.16. The zero-order valence-electron chi connectivity index (χ0n) is 14.4. The summed E-state index contributed by atoms with van der Waals surface area (Å²) in [6, 6.07) is 7.50. The van der Waals surface area contributed by atoms with E-state index in [-0.39, 0.29) is 6.61 Å². The van der Waals surface area contributed by atoms with E-state index in [1.54, 1.807) is 0 Å². The molecule has 0 bridgehead atoms. The van der Waals surface area contributed by atoms with E-state index in [1.807, 2.05) is 45.0 Å². The molecule has 24 heavy (non-hydrogen) atoms. The number of nitrogens with one attached hydrogen (secondary N) is 2. The minimum absolute atomic E-state index is 0.0589. The molecule has 0 spiro atoms. The third kappa shape index (κ3) is 4.83. The number of aliphatic hydroxyl groups is 1. The number of benzene rings is 1. The van der Waals surface area contributed by atoms with Crippen LogP contribution in [0.25, 0.3) is 0 Å². The SMILES string of the molecule is Cc1ccccc1OCC(O)C(=O)NCCCc1c(C)n[nH]c1C. The molecule has 0 fully saturated rings. The molecule has 0 aliphatic rings. The number of aryl methyl sites for hydroxylation is 3. The van der Waals surface area contributed by atoms with Gasteiger partial charge in [0.05, 0.1) is 5.69 Å². The number of aliphatic hydroxyl groups excluding tert-OH is 1. The Kier molecular flexibility index (Phi) is 6.37. The van der Waals surface area contributed by atoms with Crippen molar-refractivity contribution in [3.63, 3.8) is 0 Å². The molecule has 0 aliphatic heterocycles. The van der Waals surface area contributed by atoms with Crippen LogP contribution < -0.4 is 10.1 Å². The Balaban J connectivity index is 1.69. The second kappa shape index (κ2) is 8.49. The van der Waals surface area contributed by atoms with E-state index in [4.69, 9.17) is 4.74 Å². The molecule has 2 rings (SSSR count). The first-order chi connectivity index (χ1) is 11.5. The van der Waals surface area contributed by atoms with Crippen LogP contribution in [-0.2, 0) is 11.2 Å². The molecular weight excluding hydrogens is 306 g/mol. The van der Waals surface area contributed by atoms with Crippen molar-refractivity contribution in [2.24, 2.45) is 0 Å². The summed E-state index contributed by atoms with van der Waals surface area (Å²) in [5.41, 5.74) is 4.21. The predicted octanol–water partition coefficient (Wildman–Crippen LogP) is 1.82. The molecule has 130 valence electrons. The van der Waals surface area contributed by atoms with Gasteiger partial charge in [0, 0.05) is 12.2 Å². The molecule has 1 heterocycles. The molecule has 6 heteroatoms. The van der Waals surface area contributed by atoms with Gasteiger partial charge in [0.2, 0.25) is 0 Å². The van der Waals surface area contributed by atoms with Crippen LogP contribution in [0, 0.1) is 20.8 Å². The van der Waals surface area contributed by atoms with Gasteiger partial charge in [-0.2, -0.15) is 5.10 Å². The molecule has 3 N–H and O–H groups in total. The Morgan fingerprint density at radius 1 is 1.33 bits per heavy atom. The number of carbonyl (C=O) groups excluding carboxylic acids is 1. The molecule has 1 aromatic heterocycles. The van der Waals surface area contributed by atoms with E-state index in [2.05, 4.69) is 15.5 Å². The van der Waals surface area contributed by atoms with E-state index in [0.29, 0.717) is 12.3 Å². The van der Waals surface area contributed by atoms with Crippen molar-refractivity contribution in [1.82, 2.24) is 15.5 Å². The van der Waals surface area contributed by atoms with Gasteiger partial charge in [-0.05, 0) is 50.8 Å². The van der Waals surface area contributed by atoms with Crippen molar-refractivity contribution in [3.8, 4) is 5.75 Å². The molecule has 1 unspecified atom stereocenters. The monoisotopic (exact) mass is 331 g/mol. The van der Waals surface area contributed by atoms with Crippen molar-refractivity contribution >= 4 is 5.91 Å². The molecule has 0 aliphatic carbocycles. The summed E-state index contributed by atoms with van der Waals surface area (Å²) in [6.45, 7) is 6.31. The van der Waals surface area contributed by atoms with Crippen molar-refractivity contribution in [1.29, 1.82) is 0 Å². The lowest BCUT2D eigenvalue weighted by atomic mass is 10.1. The Bertz CT molecular complexity index is 662. The molecule has 0 radical (unpaired) electrons. The zero-order valence-corrected chi connectivity index (χ0v) is 14.4. The number of ether oxygens (including phenoxy) is 1. The number of aromatic amines is 1. The highest BCUT2D eigenvalue weighted by atomic mass is 16.5. The van der Waals surface area contributed by atoms with Crippen molar-refractivity contribution in [3.05, 3.63) is 46.8 Å². The van der Waals surface area contributed by atoms with E-state index >= 15 is 0 Å². The number of rotatable bonds is 8. The van der Waals surface area contributed by atoms with Crippen molar-refractivity contribution < 1.29 is 14.6 Å². The topological polar surface area (TPSA) is 87.2 Å². The minimum atomic E-state index is -1.18. The van der Waals surface area contributed by atoms with Gasteiger partial charge in [0.1, 0.15) is 12.4 Å². The normalized spacial score (nSPS) is 12.0. The minimum Gasteiger partial charge on any atom is -0.490 e. The Morgan fingerprint density at radius 3 is 2.75 bits per heavy atom. The maximum Gasteiger partial charge on any atom is 0.252 e. The van der Waals surface area contributed by atoms with E-state index < -0.39 is 12.0 Å². The summed E-state index contributed by atoms with van der Waals surface area (Å²) < 4.78 is 5.49. The third-order valence-corrected chi connectivity index (χ3v) is 3.98. The number of hydrogen-bond donors (Lipinski definition) is 3. The van der Waals surface area contributed by atoms with E-state index in [0.717, 1.165) is 29.8 Å². The van der Waals surface area contributed by atoms with Gasteiger partial charge in [-0.15, -0.1) is 0 Å². The molecule has 0 saturated heterocycles. The molecule has 1 aromatic carbocycles. The number of nitrogens with zero attached hydrogens (tertiary/aromatic N) is 1. The highest BCUT2D eigenvalue weighted by Gasteiger charge is 2.16. The lowest BCUT2D eigenvalue weighted by Crippen LogP contribution is -2.38. The lowest BCUT2D eigenvalue weighted by Gasteiger charge is -2.14. The molecule has 6 nitrogen and oxygen atoms in total. The van der Waals surface area contributed by atoms with Crippen LogP contribution in [0.2, 0.25) is 0 Å². The average Bonchev–Trinajstić information content (AvgIpc) is 2.89. The summed E-state index contributed by atoms with van der Waals surface area (Å²) in [4.78, 5) is 11.9. The Morgan fingerprint density at radius 2 is 2.08 bits per heavy atom. The van der Waals surface area contributed by atoms with Gasteiger partial charge in [0.25, 0.3) is 5.91 Å². The largest absolute Gasteiger partial charge is 0.490 e. The second-order valence-corrected chi connectivity index (χ2v) is 5.90. The first kappa shape index (κ1) is 18.0. The van der Waals surface area contributed by atoms with Crippen LogP contribution in [0.15, 0.2) is 24.3 Å². The van der Waals surface area contributed by atoms with Crippen molar-refractivity contribution in [2.45, 2.75) is 39.7 Å². The average molecular weight is 331 g/mol. The molecule has 1 atom stereocenters. The summed E-state index contributed by atoms with van der Waals surface area (Å²) in [6.07, 6.45) is 0.449. The number of para-hydroxylation sites is 1. The van der Waals surface area contributed by atoms with E-state index in [1.165, 1.54) is 5.56 Å². The first-order valence-corrected chi connectivity index (χ1v) is 8.13. The summed E-state index contributed by atoms with van der Waals surface area (Å²) in [5, 5.41) is 19.7. The Hall–Kier alpha value is -2.34. The zero-order chi connectivity index (χ0) is 17.5. The van der Waals surface area contributed by atoms with Gasteiger partial charge in [-0.25, -0.2) is 0 Å². The number of aromatic nitrogens is 2. The molecule has 1 amide bonds. The van der Waals surface area contributed by atoms with Gasteiger partial charge in [0.15, 0.2) is 6.10 Å². The quantitative estimate of drug-likeness (QED) is 0.644. The number of hydrogen-bond acceptors (Lipinski definition) is 4. The summed E-state index contributed by atoms with van der Waals surface area (Å²) >= 11 is 0. The van der Waals surface area contributed by atoms with Crippen LogP contribution in [0.5, 0.6) is 5.75 Å². The summed E-state index contributed by atoms with van der Waals surface area (Å²) in [5.74, 6) is 0.263. The molecular formula is C18H25N3O3. The van der Waals surface area contributed by atoms with Gasteiger partial charge >= 0.3 is 0 Å². The third-order valence-electron chi connectivity index (χ3n) is 3.98. The van der Waals surface area contributed by atoms with Crippen LogP contribution in [0.3, 0.4) is 0 Å². The smallest absolute Gasteiger partial charge is 0.252 e. The first-order valence-electron chi connectivity index (χ1n) is 8.13. The number of carbonyl (C=O) groups is 1. The fourth-order valence-electron chi connectivity index (χ4n) is 2.50. The van der Waals surface area contributed by atoms with Gasteiger partial charge < -0.3 is 15.2 Å². The fourth-order valence-corrected chi connectivity index (χ4v) is 2.50. The lowest BCUT2D eigenvalue weighted by molar-refractivity contribution is -0.130. The van der Waals surface area contributed by atoms with Crippen LogP contribution in [0.1, 0.15) is 28.9 Å². The maximum atomic E-state index is 11.9. The second-order valence-electron chi connectivity index (χ2n) is 5.90. The number of amides is 1. The number of H-pyrrole nitrogens is 1. The van der Waals surface area contributed by atoms with Crippen LogP contribution in [0.4, 0.5) is 0 Å². The van der Waals surface area contributed by atoms with Crippen LogP contribution in [-0.4, -0.2) is 40.5 Å². The standard InChI is InChI=1S/C18H25N3O3/c1-12-7-4-5-9-17(12)24-11-16(22)18(23)19-10-6-8-15-13(2)20-21-14(15)3/h4-5,7,9,16,22H,6,8,10-11H2,1-3H3,(H,19,23)(H,20,21). The summed E-state index contributed by atoms with van der Waals surface area (Å²) in [7, 11) is 0.